The molecule has 0 aromatic heterocycles. The third-order valence-corrected chi connectivity index (χ3v) is 4.30. The number of carbonyl (C=O) groups excluding carboxylic acids is 2. The van der Waals surface area contributed by atoms with Crippen molar-refractivity contribution >= 4 is 35.3 Å². The van der Waals surface area contributed by atoms with E-state index in [4.69, 9.17) is 22.1 Å². The van der Waals surface area contributed by atoms with Gasteiger partial charge < -0.3 is 15.2 Å². The van der Waals surface area contributed by atoms with Gasteiger partial charge in [-0.25, -0.2) is 9.59 Å². The molecule has 0 bridgehead atoms. The summed E-state index contributed by atoms with van der Waals surface area (Å²) in [6.07, 6.45) is -13.2. The van der Waals surface area contributed by atoms with Crippen LogP contribution in [-0.2, 0) is 14.3 Å². The van der Waals surface area contributed by atoms with Crippen LogP contribution in [0.4, 0.5) is 32.0 Å². The maximum absolute atomic E-state index is 13.6. The molecule has 0 amide bonds. The first-order valence-corrected chi connectivity index (χ1v) is 8.63. The summed E-state index contributed by atoms with van der Waals surface area (Å²) in [5.41, 5.74) is 5.00. The number of esters is 2. The lowest BCUT2D eigenvalue weighted by Gasteiger charge is -2.29. The molecular formula is C19H10ClF6NO4. The third-order valence-electron chi connectivity index (χ3n) is 4.08. The number of hydrogen-bond acceptors (Lipinski definition) is 5. The molecule has 1 aliphatic heterocycles. The minimum Gasteiger partial charge on any atom is -0.475 e. The van der Waals surface area contributed by atoms with Gasteiger partial charge in [-0.3, -0.25) is 0 Å². The van der Waals surface area contributed by atoms with E-state index in [-0.39, 0.29) is 21.9 Å². The molecule has 5 nitrogen and oxygen atoms in total. The second kappa shape index (κ2) is 7.80. The average Bonchev–Trinajstić information content (AvgIpc) is 2.65. The number of anilines is 1. The van der Waals surface area contributed by atoms with E-state index in [1.54, 1.807) is 0 Å². The van der Waals surface area contributed by atoms with Crippen LogP contribution in [0.15, 0.2) is 42.0 Å². The average molecular weight is 466 g/mol. The van der Waals surface area contributed by atoms with E-state index < -0.39 is 36.0 Å². The topological polar surface area (TPSA) is 78.6 Å². The molecule has 1 heterocycles. The summed E-state index contributed by atoms with van der Waals surface area (Å²) in [4.78, 5) is 22.9. The van der Waals surface area contributed by atoms with Gasteiger partial charge in [-0.1, -0.05) is 23.7 Å². The molecular weight excluding hydrogens is 456 g/mol. The van der Waals surface area contributed by atoms with Crippen molar-refractivity contribution in [2.75, 3.05) is 5.73 Å². The van der Waals surface area contributed by atoms with Crippen LogP contribution in [0.5, 0.6) is 5.75 Å². The maximum atomic E-state index is 13.6. The zero-order valence-electron chi connectivity index (χ0n) is 15.0. The number of halogens is 7. The van der Waals surface area contributed by atoms with Gasteiger partial charge in [0.25, 0.3) is 0 Å². The highest BCUT2D eigenvalue weighted by atomic mass is 35.5. The summed E-state index contributed by atoms with van der Waals surface area (Å²) < 4.78 is 86.3. The quantitative estimate of drug-likeness (QED) is 0.294. The third kappa shape index (κ3) is 4.76. The number of ether oxygens (including phenoxy) is 2. The van der Waals surface area contributed by atoms with E-state index in [1.807, 2.05) is 0 Å². The van der Waals surface area contributed by atoms with E-state index in [1.165, 1.54) is 30.3 Å². The molecule has 1 atom stereocenters. The SMILES string of the molecule is Nc1ccc(-c2cc(Cl)cc3c2OC(C(F)(F)F)C(C(=O)OC(=O)C(F)(F)F)=C3)cc1. The fourth-order valence-corrected chi connectivity index (χ4v) is 2.99. The Labute approximate surface area is 175 Å². The van der Waals surface area contributed by atoms with Crippen LogP contribution in [-0.4, -0.2) is 30.4 Å². The van der Waals surface area contributed by atoms with Gasteiger partial charge in [-0.15, -0.1) is 0 Å². The summed E-state index contributed by atoms with van der Waals surface area (Å²) in [5, 5.41) is 0.0370. The number of fused-ring (bicyclic) bond motifs is 1. The van der Waals surface area contributed by atoms with Crippen molar-refractivity contribution in [3.05, 3.63) is 52.6 Å². The van der Waals surface area contributed by atoms with Crippen LogP contribution in [0.25, 0.3) is 17.2 Å². The zero-order valence-corrected chi connectivity index (χ0v) is 15.7. The number of rotatable bonds is 2. The first-order chi connectivity index (χ1) is 14.3. The zero-order chi connectivity index (χ0) is 23.1. The molecule has 2 aromatic rings. The van der Waals surface area contributed by atoms with Crippen LogP contribution < -0.4 is 10.5 Å². The number of hydrogen-bond donors (Lipinski definition) is 1. The normalized spacial score (nSPS) is 16.1. The van der Waals surface area contributed by atoms with Gasteiger partial charge in [0.15, 0.2) is 0 Å². The van der Waals surface area contributed by atoms with Gasteiger partial charge in [0.2, 0.25) is 6.10 Å². The lowest BCUT2D eigenvalue weighted by atomic mass is 9.95. The van der Waals surface area contributed by atoms with Crippen molar-refractivity contribution in [2.45, 2.75) is 18.5 Å². The van der Waals surface area contributed by atoms with E-state index in [0.717, 1.165) is 6.07 Å². The lowest BCUT2D eigenvalue weighted by Crippen LogP contribution is -2.42. The summed E-state index contributed by atoms with van der Waals surface area (Å²) in [6.45, 7) is 0. The molecule has 1 aliphatic rings. The summed E-state index contributed by atoms with van der Waals surface area (Å²) in [7, 11) is 0. The van der Waals surface area contributed by atoms with Gasteiger partial charge in [0.1, 0.15) is 5.75 Å². The van der Waals surface area contributed by atoms with Crippen molar-refractivity contribution in [3.63, 3.8) is 0 Å². The first kappa shape index (κ1) is 22.5. The molecule has 2 aromatic carbocycles. The molecule has 2 N–H and O–H groups in total. The Morgan fingerprint density at radius 2 is 1.65 bits per heavy atom. The molecule has 0 radical (unpaired) electrons. The Balaban J connectivity index is 2.12. The summed E-state index contributed by atoms with van der Waals surface area (Å²) in [6, 6.07) is 8.39. The molecule has 12 heteroatoms. The molecule has 0 spiro atoms. The van der Waals surface area contributed by atoms with E-state index in [9.17, 15) is 35.9 Å². The van der Waals surface area contributed by atoms with Gasteiger partial charge in [0.05, 0.1) is 5.57 Å². The van der Waals surface area contributed by atoms with Crippen molar-refractivity contribution in [1.82, 2.24) is 0 Å². The Morgan fingerprint density at radius 1 is 1.03 bits per heavy atom. The van der Waals surface area contributed by atoms with Crippen molar-refractivity contribution in [3.8, 4) is 16.9 Å². The Morgan fingerprint density at radius 3 is 2.19 bits per heavy atom. The number of alkyl halides is 6. The Hall–Kier alpha value is -3.21. The Bertz CT molecular complexity index is 1080. The fraction of sp³-hybridized carbons (Fsp3) is 0.158. The number of nitrogen functional groups attached to an aromatic ring is 1. The largest absolute Gasteiger partial charge is 0.491 e. The molecule has 0 saturated carbocycles. The minimum atomic E-state index is -5.58. The highest BCUT2D eigenvalue weighted by molar-refractivity contribution is 6.31. The number of benzene rings is 2. The van der Waals surface area contributed by atoms with E-state index in [2.05, 4.69) is 4.74 Å². The Kier molecular flexibility index (Phi) is 5.66. The van der Waals surface area contributed by atoms with Crippen LogP contribution >= 0.6 is 11.6 Å². The molecule has 0 saturated heterocycles. The van der Waals surface area contributed by atoms with Crippen molar-refractivity contribution < 1.29 is 45.4 Å². The van der Waals surface area contributed by atoms with Crippen LogP contribution in [0, 0.1) is 0 Å². The smallest absolute Gasteiger partial charge is 0.475 e. The van der Waals surface area contributed by atoms with E-state index >= 15 is 0 Å². The van der Waals surface area contributed by atoms with Gasteiger partial charge in [-0.05, 0) is 35.9 Å². The van der Waals surface area contributed by atoms with Crippen LogP contribution in [0.3, 0.4) is 0 Å². The molecule has 31 heavy (non-hydrogen) atoms. The second-order valence-electron chi connectivity index (χ2n) is 6.31. The number of nitrogens with two attached hydrogens (primary N) is 1. The number of carbonyl (C=O) groups is 2. The first-order valence-electron chi connectivity index (χ1n) is 8.25. The molecule has 1 unspecified atom stereocenters. The van der Waals surface area contributed by atoms with Crippen molar-refractivity contribution in [1.29, 1.82) is 0 Å². The summed E-state index contributed by atoms with van der Waals surface area (Å²) in [5.74, 6) is -5.43. The molecule has 3 rings (SSSR count). The predicted molar refractivity (Wildman–Crippen MR) is 96.9 cm³/mol. The highest BCUT2D eigenvalue weighted by Crippen LogP contribution is 2.44. The summed E-state index contributed by atoms with van der Waals surface area (Å²) >= 11 is 6.01. The maximum Gasteiger partial charge on any atom is 0.491 e. The van der Waals surface area contributed by atoms with Gasteiger partial charge >= 0.3 is 24.3 Å². The fourth-order valence-electron chi connectivity index (χ4n) is 2.77. The monoisotopic (exact) mass is 465 g/mol. The van der Waals surface area contributed by atoms with Gasteiger partial charge in [0, 0.05) is 21.8 Å². The minimum absolute atomic E-state index is 0.0370. The molecule has 164 valence electrons. The predicted octanol–water partition coefficient (Wildman–Crippen LogP) is 4.93. The standard InChI is InChI=1S/C19H10ClF6NO4/c20-10-5-9-6-13(16(28)31-17(29)19(24,25)26)15(18(21,22)23)30-14(9)12(7-10)8-1-3-11(27)4-2-8/h1-7,15H,27H2. The van der Waals surface area contributed by atoms with E-state index in [0.29, 0.717) is 17.3 Å². The van der Waals surface area contributed by atoms with Crippen LogP contribution in [0.2, 0.25) is 5.02 Å². The molecule has 0 fully saturated rings. The second-order valence-corrected chi connectivity index (χ2v) is 6.74. The van der Waals surface area contributed by atoms with Crippen LogP contribution in [0.1, 0.15) is 5.56 Å². The molecule has 0 aliphatic carbocycles. The highest BCUT2D eigenvalue weighted by Gasteiger charge is 2.51. The lowest BCUT2D eigenvalue weighted by molar-refractivity contribution is -0.204. The van der Waals surface area contributed by atoms with Crippen molar-refractivity contribution in [2.24, 2.45) is 0 Å². The van der Waals surface area contributed by atoms with Gasteiger partial charge in [-0.2, -0.15) is 26.3 Å².